The van der Waals surface area contributed by atoms with E-state index in [1.165, 1.54) is 4.90 Å². The van der Waals surface area contributed by atoms with Crippen molar-refractivity contribution in [3.05, 3.63) is 29.8 Å². The van der Waals surface area contributed by atoms with E-state index in [1.54, 1.807) is 17.8 Å². The Morgan fingerprint density at radius 1 is 1.43 bits per heavy atom. The number of fused-ring (bicyclic) bond motifs is 1. The SMILES string of the molecule is CSC1(CNC(=O)N2c3ccccc3CC2C(=O)O)CC1. The predicted molar refractivity (Wildman–Crippen MR) is 82.9 cm³/mol. The molecule has 1 aromatic rings. The van der Waals surface area contributed by atoms with E-state index in [0.29, 0.717) is 18.7 Å². The summed E-state index contributed by atoms with van der Waals surface area (Å²) in [5.74, 6) is -0.965. The Kier molecular flexibility index (Phi) is 3.57. The van der Waals surface area contributed by atoms with Gasteiger partial charge in [0.05, 0.1) is 0 Å². The fourth-order valence-corrected chi connectivity index (χ4v) is 3.48. The normalized spacial score (nSPS) is 21.8. The van der Waals surface area contributed by atoms with Crippen molar-refractivity contribution in [2.24, 2.45) is 0 Å². The highest BCUT2D eigenvalue weighted by Gasteiger charge is 2.44. The van der Waals surface area contributed by atoms with Crippen LogP contribution in [0.15, 0.2) is 24.3 Å². The molecule has 1 aliphatic heterocycles. The summed E-state index contributed by atoms with van der Waals surface area (Å²) >= 11 is 1.77. The number of thioether (sulfide) groups is 1. The first-order valence-electron chi connectivity index (χ1n) is 6.99. The average molecular weight is 306 g/mol. The summed E-state index contributed by atoms with van der Waals surface area (Å²) < 4.78 is 0.160. The van der Waals surface area contributed by atoms with Crippen LogP contribution in [0.3, 0.4) is 0 Å². The van der Waals surface area contributed by atoms with Crippen LogP contribution in [-0.4, -0.2) is 40.7 Å². The molecule has 2 N–H and O–H groups in total. The number of amides is 2. The van der Waals surface area contributed by atoms with E-state index >= 15 is 0 Å². The summed E-state index contributed by atoms with van der Waals surface area (Å²) in [5, 5.41) is 12.3. The average Bonchev–Trinajstić information content (AvgIpc) is 3.16. The third kappa shape index (κ3) is 2.60. The summed E-state index contributed by atoms with van der Waals surface area (Å²) in [6.07, 6.45) is 4.62. The lowest BCUT2D eigenvalue weighted by Gasteiger charge is -2.24. The van der Waals surface area contributed by atoms with E-state index in [1.807, 2.05) is 24.5 Å². The quantitative estimate of drug-likeness (QED) is 0.894. The first-order valence-corrected chi connectivity index (χ1v) is 8.22. The highest BCUT2D eigenvalue weighted by molar-refractivity contribution is 8.00. The Morgan fingerprint density at radius 2 is 2.14 bits per heavy atom. The molecule has 0 radical (unpaired) electrons. The second-order valence-electron chi connectivity index (χ2n) is 5.60. The lowest BCUT2D eigenvalue weighted by molar-refractivity contribution is -0.138. The van der Waals surface area contributed by atoms with Gasteiger partial charge < -0.3 is 10.4 Å². The van der Waals surface area contributed by atoms with E-state index in [2.05, 4.69) is 5.32 Å². The van der Waals surface area contributed by atoms with E-state index in [-0.39, 0.29) is 10.8 Å². The van der Waals surface area contributed by atoms with Gasteiger partial charge in [0, 0.05) is 23.4 Å². The van der Waals surface area contributed by atoms with Gasteiger partial charge in [-0.1, -0.05) is 18.2 Å². The molecule has 2 amide bonds. The van der Waals surface area contributed by atoms with Gasteiger partial charge in [0.25, 0.3) is 0 Å². The van der Waals surface area contributed by atoms with Crippen molar-refractivity contribution in [1.29, 1.82) is 0 Å². The Bertz CT molecular complexity index is 586. The minimum atomic E-state index is -0.965. The fraction of sp³-hybridized carbons (Fsp3) is 0.467. The van der Waals surface area contributed by atoms with Gasteiger partial charge in [-0.2, -0.15) is 11.8 Å². The molecular formula is C15H18N2O3S. The molecule has 1 heterocycles. The Balaban J connectivity index is 1.77. The van der Waals surface area contributed by atoms with Gasteiger partial charge in [-0.15, -0.1) is 0 Å². The number of carbonyl (C=O) groups is 2. The van der Waals surface area contributed by atoms with Gasteiger partial charge in [0.2, 0.25) is 0 Å². The van der Waals surface area contributed by atoms with E-state index in [4.69, 9.17) is 0 Å². The second kappa shape index (κ2) is 5.26. The van der Waals surface area contributed by atoms with Crippen LogP contribution in [0.1, 0.15) is 18.4 Å². The maximum absolute atomic E-state index is 12.5. The molecule has 1 aromatic carbocycles. The third-order valence-corrected chi connectivity index (χ3v) is 5.70. The number of urea groups is 1. The van der Waals surface area contributed by atoms with Crippen LogP contribution in [-0.2, 0) is 11.2 Å². The number of nitrogens with zero attached hydrogens (tertiary/aromatic N) is 1. The number of nitrogens with one attached hydrogen (secondary N) is 1. The topological polar surface area (TPSA) is 69.6 Å². The van der Waals surface area contributed by atoms with E-state index < -0.39 is 12.0 Å². The van der Waals surface area contributed by atoms with Gasteiger partial charge in [-0.25, -0.2) is 9.59 Å². The molecule has 1 unspecified atom stereocenters. The zero-order valence-electron chi connectivity index (χ0n) is 11.8. The number of carboxylic acid groups (broad SMARTS) is 1. The molecule has 112 valence electrons. The maximum atomic E-state index is 12.5. The summed E-state index contributed by atoms with van der Waals surface area (Å²) in [6, 6.07) is 6.25. The molecule has 3 rings (SSSR count). The van der Waals surface area contributed by atoms with Crippen LogP contribution in [0.25, 0.3) is 0 Å². The number of hydrogen-bond acceptors (Lipinski definition) is 3. The van der Waals surface area contributed by atoms with Crippen LogP contribution in [0.4, 0.5) is 10.5 Å². The largest absolute Gasteiger partial charge is 0.480 e. The molecule has 2 aliphatic rings. The summed E-state index contributed by atoms with van der Waals surface area (Å²) in [4.78, 5) is 25.3. The molecule has 21 heavy (non-hydrogen) atoms. The number of carboxylic acids is 1. The minimum absolute atomic E-state index is 0.160. The number of anilines is 1. The van der Waals surface area contributed by atoms with Gasteiger partial charge in [-0.3, -0.25) is 4.90 Å². The Morgan fingerprint density at radius 3 is 2.76 bits per heavy atom. The number of benzene rings is 1. The summed E-state index contributed by atoms with van der Waals surface area (Å²) in [7, 11) is 0. The van der Waals surface area contributed by atoms with Crippen LogP contribution < -0.4 is 10.2 Å². The number of aliphatic carboxylic acids is 1. The molecule has 1 aliphatic carbocycles. The number of rotatable bonds is 4. The van der Waals surface area contributed by atoms with Crippen molar-refractivity contribution in [3.63, 3.8) is 0 Å². The minimum Gasteiger partial charge on any atom is -0.480 e. The van der Waals surface area contributed by atoms with Crippen molar-refractivity contribution in [2.75, 3.05) is 17.7 Å². The molecular weight excluding hydrogens is 288 g/mol. The molecule has 0 saturated heterocycles. The molecule has 0 spiro atoms. The van der Waals surface area contributed by atoms with Gasteiger partial charge in [0.1, 0.15) is 6.04 Å². The van der Waals surface area contributed by atoms with Crippen LogP contribution >= 0.6 is 11.8 Å². The molecule has 1 saturated carbocycles. The van der Waals surface area contributed by atoms with Crippen molar-refractivity contribution >= 4 is 29.4 Å². The molecule has 0 bridgehead atoms. The van der Waals surface area contributed by atoms with Crippen molar-refractivity contribution < 1.29 is 14.7 Å². The van der Waals surface area contributed by atoms with Gasteiger partial charge in [0.15, 0.2) is 0 Å². The summed E-state index contributed by atoms with van der Waals surface area (Å²) in [5.41, 5.74) is 1.61. The molecule has 0 aromatic heterocycles. The lowest BCUT2D eigenvalue weighted by atomic mass is 10.1. The number of hydrogen-bond donors (Lipinski definition) is 2. The van der Waals surface area contributed by atoms with Crippen molar-refractivity contribution in [1.82, 2.24) is 5.32 Å². The van der Waals surface area contributed by atoms with Gasteiger partial charge in [-0.05, 0) is 30.7 Å². The standard InChI is InChI=1S/C15H18N2O3S/c1-21-15(6-7-15)9-16-14(20)17-11-5-3-2-4-10(11)8-12(17)13(18)19/h2-5,12H,6-9H2,1H3,(H,16,20)(H,18,19). The highest BCUT2D eigenvalue weighted by atomic mass is 32.2. The first kappa shape index (κ1) is 14.3. The van der Waals surface area contributed by atoms with Crippen LogP contribution in [0.2, 0.25) is 0 Å². The highest BCUT2D eigenvalue weighted by Crippen LogP contribution is 2.46. The first-order chi connectivity index (χ1) is 10.1. The molecule has 1 fully saturated rings. The molecule has 6 heteroatoms. The van der Waals surface area contributed by atoms with Crippen LogP contribution in [0.5, 0.6) is 0 Å². The number of para-hydroxylation sites is 1. The molecule has 1 atom stereocenters. The fourth-order valence-electron chi connectivity index (χ4n) is 2.75. The van der Waals surface area contributed by atoms with E-state index in [9.17, 15) is 14.7 Å². The smallest absolute Gasteiger partial charge is 0.327 e. The zero-order valence-corrected chi connectivity index (χ0v) is 12.7. The Hall–Kier alpha value is -1.69. The lowest BCUT2D eigenvalue weighted by Crippen LogP contribution is -2.49. The third-order valence-electron chi connectivity index (χ3n) is 4.28. The van der Waals surface area contributed by atoms with E-state index in [0.717, 1.165) is 18.4 Å². The monoisotopic (exact) mass is 306 g/mol. The summed E-state index contributed by atoms with van der Waals surface area (Å²) in [6.45, 7) is 0.595. The van der Waals surface area contributed by atoms with Gasteiger partial charge >= 0.3 is 12.0 Å². The Labute approximate surface area is 127 Å². The van der Waals surface area contributed by atoms with Crippen LogP contribution in [0, 0.1) is 0 Å². The van der Waals surface area contributed by atoms with Crippen molar-refractivity contribution in [3.8, 4) is 0 Å². The second-order valence-corrected chi connectivity index (χ2v) is 6.88. The predicted octanol–water partition coefficient (Wildman–Crippen LogP) is 2.11. The molecule has 5 nitrogen and oxygen atoms in total. The van der Waals surface area contributed by atoms with Crippen molar-refractivity contribution in [2.45, 2.75) is 30.1 Å². The number of carbonyl (C=O) groups excluding carboxylic acids is 1. The zero-order chi connectivity index (χ0) is 15.0. The maximum Gasteiger partial charge on any atom is 0.327 e.